The van der Waals surface area contributed by atoms with Crippen molar-refractivity contribution in [3.05, 3.63) is 46.6 Å². The number of halogens is 3. The van der Waals surface area contributed by atoms with Gasteiger partial charge >= 0.3 is 11.9 Å². The zero-order chi connectivity index (χ0) is 17.5. The Bertz CT molecular complexity index is 887. The predicted octanol–water partition coefficient (Wildman–Crippen LogP) is 2.37. The average Bonchev–Trinajstić information content (AvgIpc) is 2.42. The second-order valence-corrected chi connectivity index (χ2v) is 6.68. The number of aromatic carboxylic acids is 2. The van der Waals surface area contributed by atoms with Gasteiger partial charge in [0.05, 0.1) is 7.14 Å². The minimum Gasteiger partial charge on any atom is -0.478 e. The molecule has 0 aliphatic rings. The van der Waals surface area contributed by atoms with E-state index in [1.54, 1.807) is 45.2 Å². The molecule has 0 spiro atoms. The third-order valence-electron chi connectivity index (χ3n) is 2.94. The molecule has 0 saturated carbocycles. The predicted molar refractivity (Wildman–Crippen MR) is 96.2 cm³/mol. The largest absolute Gasteiger partial charge is 0.478 e. The van der Waals surface area contributed by atoms with Gasteiger partial charge in [0.25, 0.3) is 5.56 Å². The maximum Gasteiger partial charge on any atom is 0.342 e. The molecule has 0 atom stereocenters. The Hall–Kier alpha value is -1.70. The van der Waals surface area contributed by atoms with Gasteiger partial charge in [0, 0.05) is 5.56 Å². The van der Waals surface area contributed by atoms with Gasteiger partial charge in [0.2, 0.25) is 0 Å². The number of hydrogen-bond donors (Lipinski definition) is 4. The van der Waals surface area contributed by atoms with Gasteiger partial charge in [-0.2, -0.15) is 0 Å². The minimum absolute atomic E-state index is 0.0767. The lowest BCUT2D eigenvalue weighted by Gasteiger charge is -2.13. The van der Waals surface area contributed by atoms with E-state index in [1.807, 2.05) is 4.98 Å². The smallest absolute Gasteiger partial charge is 0.342 e. The van der Waals surface area contributed by atoms with Gasteiger partial charge in [0.1, 0.15) is 22.8 Å². The number of benzene rings is 1. The maximum absolute atomic E-state index is 13.8. The van der Waals surface area contributed by atoms with Crippen LogP contribution in [-0.2, 0) is 0 Å². The Morgan fingerprint density at radius 3 is 2.00 bits per heavy atom. The first-order valence-corrected chi connectivity index (χ1v) is 7.98. The molecule has 1 aromatic carbocycles. The number of aromatic amines is 1. The first kappa shape index (κ1) is 17.7. The monoisotopic (exact) mass is 544 g/mol. The van der Waals surface area contributed by atoms with Crippen LogP contribution in [0.5, 0.6) is 0 Å². The molecule has 0 unspecified atom stereocenters. The summed E-state index contributed by atoms with van der Waals surface area (Å²) in [5.74, 6) is -4.12. The van der Waals surface area contributed by atoms with Crippen LogP contribution in [-0.4, -0.2) is 27.1 Å². The summed E-state index contributed by atoms with van der Waals surface area (Å²) in [7, 11) is 0. The fourth-order valence-corrected chi connectivity index (χ4v) is 3.80. The molecule has 23 heavy (non-hydrogen) atoms. The van der Waals surface area contributed by atoms with Crippen molar-refractivity contribution < 1.29 is 24.2 Å². The summed E-state index contributed by atoms with van der Waals surface area (Å²) >= 11 is 3.37. The summed E-state index contributed by atoms with van der Waals surface area (Å²) in [5.41, 5.74) is 2.88. The van der Waals surface area contributed by atoms with Crippen LogP contribution in [0.2, 0.25) is 0 Å². The van der Waals surface area contributed by atoms with Gasteiger partial charge in [-0.3, -0.25) is 4.79 Å². The fraction of sp³-hybridized carbons (Fsp3) is 0. The van der Waals surface area contributed by atoms with Crippen molar-refractivity contribution in [1.82, 2.24) is 4.98 Å². The van der Waals surface area contributed by atoms with E-state index < -0.39 is 40.3 Å². The van der Waals surface area contributed by atoms with Crippen LogP contribution in [0.3, 0.4) is 0 Å². The Morgan fingerprint density at radius 2 is 1.57 bits per heavy atom. The standard InChI is InChI=1S/C13H7FI2N2O5/c14-9-4(15)1-3(2-5(9)16)6-7(12(20)21)10(17)18-11(19)8(6)13(22)23/h1-2H,(H,20,21)(H,22,23)(H3,17,18,19). The van der Waals surface area contributed by atoms with Crippen LogP contribution < -0.4 is 11.3 Å². The van der Waals surface area contributed by atoms with E-state index in [1.165, 1.54) is 12.1 Å². The molecule has 0 aliphatic heterocycles. The lowest BCUT2D eigenvalue weighted by atomic mass is 9.95. The summed E-state index contributed by atoms with van der Waals surface area (Å²) in [6, 6.07) is 2.51. The number of carbonyl (C=O) groups is 2. The van der Waals surface area contributed by atoms with E-state index >= 15 is 0 Å². The molecule has 0 amide bonds. The van der Waals surface area contributed by atoms with E-state index in [0.29, 0.717) is 0 Å². The summed E-state index contributed by atoms with van der Waals surface area (Å²) < 4.78 is 14.1. The number of nitrogens with two attached hydrogens (primary N) is 1. The van der Waals surface area contributed by atoms with E-state index in [0.717, 1.165) is 0 Å². The first-order valence-electron chi connectivity index (χ1n) is 5.82. The van der Waals surface area contributed by atoms with Crippen LogP contribution in [0.1, 0.15) is 20.7 Å². The van der Waals surface area contributed by atoms with Crippen molar-refractivity contribution in [2.24, 2.45) is 0 Å². The molecule has 10 heteroatoms. The SMILES string of the molecule is Nc1[nH]c(=O)c(C(=O)O)c(-c2cc(I)c(F)c(I)c2)c1C(=O)O. The molecule has 5 N–H and O–H groups in total. The van der Waals surface area contributed by atoms with Crippen molar-refractivity contribution in [3.8, 4) is 11.1 Å². The van der Waals surface area contributed by atoms with Gasteiger partial charge in [-0.25, -0.2) is 14.0 Å². The van der Waals surface area contributed by atoms with Gasteiger partial charge in [-0.1, -0.05) is 0 Å². The highest BCUT2D eigenvalue weighted by molar-refractivity contribution is 14.1. The summed E-state index contributed by atoms with van der Waals surface area (Å²) in [6.45, 7) is 0. The topological polar surface area (TPSA) is 133 Å². The van der Waals surface area contributed by atoms with Gasteiger partial charge < -0.3 is 20.9 Å². The van der Waals surface area contributed by atoms with Crippen molar-refractivity contribution >= 4 is 62.9 Å². The fourth-order valence-electron chi connectivity index (χ4n) is 2.04. The molecule has 7 nitrogen and oxygen atoms in total. The number of carboxylic acids is 2. The molecule has 0 radical (unpaired) electrons. The molecule has 0 aliphatic carbocycles. The molecule has 1 heterocycles. The number of carboxylic acid groups (broad SMARTS) is 2. The molecule has 2 aromatic rings. The van der Waals surface area contributed by atoms with Crippen molar-refractivity contribution in [2.75, 3.05) is 5.73 Å². The molecule has 0 saturated heterocycles. The van der Waals surface area contributed by atoms with E-state index in [9.17, 15) is 29.0 Å². The zero-order valence-electron chi connectivity index (χ0n) is 11.0. The summed E-state index contributed by atoms with van der Waals surface area (Å²) in [5, 5.41) is 18.6. The van der Waals surface area contributed by atoms with Crippen LogP contribution in [0, 0.1) is 13.0 Å². The van der Waals surface area contributed by atoms with Crippen molar-refractivity contribution in [2.45, 2.75) is 0 Å². The number of aromatic nitrogens is 1. The van der Waals surface area contributed by atoms with E-state index in [4.69, 9.17) is 5.73 Å². The first-order chi connectivity index (χ1) is 10.6. The molecule has 0 fully saturated rings. The van der Waals surface area contributed by atoms with Crippen LogP contribution in [0.25, 0.3) is 11.1 Å². The lowest BCUT2D eigenvalue weighted by Crippen LogP contribution is -2.24. The number of pyridine rings is 1. The Kier molecular flexibility index (Phi) is 4.93. The molecule has 1 aromatic heterocycles. The number of anilines is 1. The van der Waals surface area contributed by atoms with Crippen LogP contribution in [0.4, 0.5) is 10.2 Å². The minimum atomic E-state index is -1.61. The van der Waals surface area contributed by atoms with Crippen LogP contribution in [0.15, 0.2) is 16.9 Å². The second kappa shape index (κ2) is 6.43. The Morgan fingerprint density at radius 1 is 1.09 bits per heavy atom. The lowest BCUT2D eigenvalue weighted by molar-refractivity contribution is 0.0695. The average molecular weight is 544 g/mol. The Balaban J connectivity index is 3.03. The summed E-state index contributed by atoms with van der Waals surface area (Å²) in [6.07, 6.45) is 0. The highest BCUT2D eigenvalue weighted by Gasteiger charge is 2.27. The number of nitrogens with one attached hydrogen (secondary N) is 1. The number of rotatable bonds is 3. The molecule has 0 bridgehead atoms. The van der Waals surface area contributed by atoms with E-state index in [2.05, 4.69) is 0 Å². The number of hydrogen-bond acceptors (Lipinski definition) is 4. The zero-order valence-corrected chi connectivity index (χ0v) is 15.3. The molecular weight excluding hydrogens is 537 g/mol. The highest BCUT2D eigenvalue weighted by atomic mass is 127. The maximum atomic E-state index is 13.8. The Labute approximate surface area is 155 Å². The van der Waals surface area contributed by atoms with Crippen molar-refractivity contribution in [1.29, 1.82) is 0 Å². The molecule has 2 rings (SSSR count). The molecular formula is C13H7FI2N2O5. The molecule has 120 valence electrons. The highest BCUT2D eigenvalue weighted by Crippen LogP contribution is 2.32. The van der Waals surface area contributed by atoms with Crippen molar-refractivity contribution in [3.63, 3.8) is 0 Å². The van der Waals surface area contributed by atoms with Gasteiger partial charge in [0.15, 0.2) is 0 Å². The van der Waals surface area contributed by atoms with Gasteiger partial charge in [-0.15, -0.1) is 0 Å². The third kappa shape index (κ3) is 3.17. The van der Waals surface area contributed by atoms with E-state index in [-0.39, 0.29) is 18.3 Å². The van der Waals surface area contributed by atoms with Crippen LogP contribution >= 0.6 is 45.2 Å². The normalized spacial score (nSPS) is 10.6. The second-order valence-electron chi connectivity index (χ2n) is 4.36. The number of H-pyrrole nitrogens is 1. The number of nitrogen functional groups attached to an aromatic ring is 1. The quantitative estimate of drug-likeness (QED) is 0.347. The van der Waals surface area contributed by atoms with Gasteiger partial charge in [-0.05, 0) is 62.9 Å². The third-order valence-corrected chi connectivity index (χ3v) is 4.51. The summed E-state index contributed by atoms with van der Waals surface area (Å²) in [4.78, 5) is 36.8.